The number of hydrogen-bond donors (Lipinski definition) is 7. The normalized spacial score (nSPS) is 15.4. The predicted octanol–water partition coefficient (Wildman–Crippen LogP) is 0.823. The quantitative estimate of drug-likeness (QED) is 0.182. The highest BCUT2D eigenvalue weighted by Crippen LogP contribution is 2.13. The van der Waals surface area contributed by atoms with E-state index in [-0.39, 0.29) is 29.8 Å². The molecule has 5 unspecified atom stereocenters. The number of aromatic hydroxyl groups is 1. The molecule has 1 aromatic carbocycles. The maximum Gasteiger partial charge on any atom is 0.326 e. The molecule has 0 aliphatic rings. The number of amides is 3. The van der Waals surface area contributed by atoms with Crippen molar-refractivity contribution in [2.75, 3.05) is 5.75 Å². The molecule has 0 heterocycles. The van der Waals surface area contributed by atoms with Gasteiger partial charge in [-0.05, 0) is 36.0 Å². The second-order valence-corrected chi connectivity index (χ2v) is 9.49. The fourth-order valence-electron chi connectivity index (χ4n) is 3.37. The number of phenols is 1. The highest BCUT2D eigenvalue weighted by molar-refractivity contribution is 7.80. The van der Waals surface area contributed by atoms with Gasteiger partial charge in [0.15, 0.2) is 0 Å². The Hall–Kier alpha value is -2.79. The van der Waals surface area contributed by atoms with Crippen LogP contribution in [0.3, 0.4) is 0 Å². The lowest BCUT2D eigenvalue weighted by Gasteiger charge is -2.28. The van der Waals surface area contributed by atoms with Gasteiger partial charge in [-0.2, -0.15) is 12.6 Å². The minimum absolute atomic E-state index is 0.00835. The number of carboxylic acids is 1. The molecule has 3 amide bonds. The third kappa shape index (κ3) is 10.2. The van der Waals surface area contributed by atoms with E-state index in [1.807, 2.05) is 20.8 Å². The van der Waals surface area contributed by atoms with Gasteiger partial charge in [-0.3, -0.25) is 14.4 Å². The van der Waals surface area contributed by atoms with Crippen LogP contribution in [0.15, 0.2) is 24.3 Å². The van der Waals surface area contributed by atoms with Crippen molar-refractivity contribution in [3.63, 3.8) is 0 Å². The van der Waals surface area contributed by atoms with Crippen LogP contribution in [0, 0.1) is 11.8 Å². The highest BCUT2D eigenvalue weighted by Gasteiger charge is 2.32. The Labute approximate surface area is 211 Å². The number of nitrogens with two attached hydrogens (primary N) is 1. The van der Waals surface area contributed by atoms with E-state index in [4.69, 9.17) is 5.73 Å². The number of carbonyl (C=O) groups excluding carboxylic acids is 3. The van der Waals surface area contributed by atoms with E-state index in [2.05, 4.69) is 28.6 Å². The van der Waals surface area contributed by atoms with Crippen LogP contribution >= 0.6 is 12.6 Å². The summed E-state index contributed by atoms with van der Waals surface area (Å²) in [5.74, 6) is -3.09. The molecule has 11 heteroatoms. The molecule has 0 spiro atoms. The zero-order valence-corrected chi connectivity index (χ0v) is 21.5. The summed E-state index contributed by atoms with van der Waals surface area (Å²) in [6, 6.07) is 1.91. The van der Waals surface area contributed by atoms with Gasteiger partial charge in [0.25, 0.3) is 0 Å². The molecule has 35 heavy (non-hydrogen) atoms. The predicted molar refractivity (Wildman–Crippen MR) is 136 cm³/mol. The van der Waals surface area contributed by atoms with Gasteiger partial charge in [-0.25, -0.2) is 4.79 Å². The van der Waals surface area contributed by atoms with E-state index >= 15 is 0 Å². The van der Waals surface area contributed by atoms with Crippen molar-refractivity contribution in [3.05, 3.63) is 29.8 Å². The standard InChI is InChI=1S/C24H38N4O6S/c1-5-14(4)20(28-22(31)19(12-35)27-21(30)17(25)10-13(2)3)23(32)26-18(24(33)34)11-15-6-8-16(29)9-7-15/h6-9,13-14,17-20,29,35H,5,10-12,25H2,1-4H3,(H,26,32)(H,27,30)(H,28,31)(H,33,34). The van der Waals surface area contributed by atoms with Crippen LogP contribution in [0.2, 0.25) is 0 Å². The average molecular weight is 511 g/mol. The van der Waals surface area contributed by atoms with Crippen LogP contribution in [-0.2, 0) is 25.6 Å². The topological polar surface area (TPSA) is 171 Å². The van der Waals surface area contributed by atoms with Gasteiger partial charge < -0.3 is 31.9 Å². The van der Waals surface area contributed by atoms with Gasteiger partial charge in [-0.15, -0.1) is 0 Å². The van der Waals surface area contributed by atoms with E-state index < -0.39 is 47.9 Å². The largest absolute Gasteiger partial charge is 0.508 e. The minimum Gasteiger partial charge on any atom is -0.508 e. The lowest BCUT2D eigenvalue weighted by Crippen LogP contribution is -2.59. The van der Waals surface area contributed by atoms with Crippen LogP contribution in [0.4, 0.5) is 0 Å². The van der Waals surface area contributed by atoms with Crippen molar-refractivity contribution in [2.45, 2.75) is 71.1 Å². The molecule has 1 aromatic rings. The summed E-state index contributed by atoms with van der Waals surface area (Å²) in [6.45, 7) is 7.45. The maximum absolute atomic E-state index is 13.0. The first-order chi connectivity index (χ1) is 16.4. The molecule has 0 saturated carbocycles. The monoisotopic (exact) mass is 510 g/mol. The smallest absolute Gasteiger partial charge is 0.326 e. The molecule has 1 rings (SSSR count). The number of benzene rings is 1. The molecule has 7 N–H and O–H groups in total. The minimum atomic E-state index is -1.25. The summed E-state index contributed by atoms with van der Waals surface area (Å²) in [5, 5.41) is 26.7. The molecule has 5 atom stereocenters. The first-order valence-electron chi connectivity index (χ1n) is 11.7. The highest BCUT2D eigenvalue weighted by atomic mass is 32.1. The molecule has 0 fully saturated rings. The summed E-state index contributed by atoms with van der Waals surface area (Å²) in [5.41, 5.74) is 6.50. The fourth-order valence-corrected chi connectivity index (χ4v) is 3.63. The number of nitrogens with one attached hydrogen (secondary N) is 3. The van der Waals surface area contributed by atoms with Gasteiger partial charge in [-0.1, -0.05) is 46.2 Å². The van der Waals surface area contributed by atoms with Crippen LogP contribution in [0.25, 0.3) is 0 Å². The number of phenolic OH excluding ortho intramolecular Hbond substituents is 1. The van der Waals surface area contributed by atoms with Crippen molar-refractivity contribution < 1.29 is 29.4 Å². The molecule has 0 aliphatic heterocycles. The Morgan fingerprint density at radius 2 is 1.51 bits per heavy atom. The number of thiol groups is 1. The molecule has 0 aliphatic carbocycles. The Bertz CT molecular complexity index is 864. The van der Waals surface area contributed by atoms with E-state index in [1.54, 1.807) is 19.1 Å². The van der Waals surface area contributed by atoms with E-state index in [1.165, 1.54) is 12.1 Å². The molecule has 0 bridgehead atoms. The van der Waals surface area contributed by atoms with Crippen LogP contribution < -0.4 is 21.7 Å². The first-order valence-corrected chi connectivity index (χ1v) is 12.3. The van der Waals surface area contributed by atoms with Crippen molar-refractivity contribution in [2.24, 2.45) is 17.6 Å². The number of rotatable bonds is 14. The average Bonchev–Trinajstić information content (AvgIpc) is 2.80. The van der Waals surface area contributed by atoms with E-state index in [0.717, 1.165) is 0 Å². The summed E-state index contributed by atoms with van der Waals surface area (Å²) >= 11 is 4.15. The second kappa shape index (κ2) is 14.6. The summed E-state index contributed by atoms with van der Waals surface area (Å²) < 4.78 is 0. The number of carboxylic acid groups (broad SMARTS) is 1. The third-order valence-electron chi connectivity index (χ3n) is 5.66. The zero-order chi connectivity index (χ0) is 26.7. The molecule has 196 valence electrons. The van der Waals surface area contributed by atoms with Crippen LogP contribution in [0.5, 0.6) is 5.75 Å². The lowest BCUT2D eigenvalue weighted by atomic mass is 9.97. The molecule has 0 radical (unpaired) electrons. The van der Waals surface area contributed by atoms with Crippen molar-refractivity contribution in [1.29, 1.82) is 0 Å². The van der Waals surface area contributed by atoms with Gasteiger partial charge >= 0.3 is 5.97 Å². The Balaban J connectivity index is 2.93. The maximum atomic E-state index is 13.0. The van der Waals surface area contributed by atoms with Crippen molar-refractivity contribution in [3.8, 4) is 5.75 Å². The van der Waals surface area contributed by atoms with E-state index in [0.29, 0.717) is 18.4 Å². The number of aliphatic carboxylic acids is 1. The fraction of sp³-hybridized carbons (Fsp3) is 0.583. The lowest BCUT2D eigenvalue weighted by molar-refractivity contribution is -0.142. The van der Waals surface area contributed by atoms with Gasteiger partial charge in [0.2, 0.25) is 17.7 Å². The van der Waals surface area contributed by atoms with Gasteiger partial charge in [0.1, 0.15) is 23.9 Å². The van der Waals surface area contributed by atoms with Crippen molar-refractivity contribution >= 4 is 36.3 Å². The molecule has 0 saturated heterocycles. The summed E-state index contributed by atoms with van der Waals surface area (Å²) in [6.07, 6.45) is 0.971. The molecular formula is C24H38N4O6S. The zero-order valence-electron chi connectivity index (χ0n) is 20.7. The van der Waals surface area contributed by atoms with E-state index in [9.17, 15) is 29.4 Å². The van der Waals surface area contributed by atoms with Gasteiger partial charge in [0.05, 0.1) is 6.04 Å². The molecule has 0 aromatic heterocycles. The Kier molecular flexibility index (Phi) is 12.6. The van der Waals surface area contributed by atoms with Crippen LogP contribution in [-0.4, -0.2) is 63.8 Å². The Morgan fingerprint density at radius 3 is 2.00 bits per heavy atom. The Morgan fingerprint density at radius 1 is 0.943 bits per heavy atom. The van der Waals surface area contributed by atoms with Gasteiger partial charge in [0, 0.05) is 12.2 Å². The third-order valence-corrected chi connectivity index (χ3v) is 6.03. The van der Waals surface area contributed by atoms with Crippen molar-refractivity contribution in [1.82, 2.24) is 16.0 Å². The SMILES string of the molecule is CCC(C)C(NC(=O)C(CS)NC(=O)C(N)CC(C)C)C(=O)NC(Cc1ccc(O)cc1)C(=O)O. The second-order valence-electron chi connectivity index (χ2n) is 9.12. The molecular weight excluding hydrogens is 472 g/mol. The number of carbonyl (C=O) groups is 4. The molecule has 10 nitrogen and oxygen atoms in total. The summed E-state index contributed by atoms with van der Waals surface area (Å²) in [7, 11) is 0. The number of hydrogen-bond acceptors (Lipinski definition) is 7. The first kappa shape index (κ1) is 30.2. The summed E-state index contributed by atoms with van der Waals surface area (Å²) in [4.78, 5) is 50.1. The van der Waals surface area contributed by atoms with Crippen LogP contribution in [0.1, 0.15) is 46.1 Å².